The summed E-state index contributed by atoms with van der Waals surface area (Å²) in [6, 6.07) is 20.8. The maximum absolute atomic E-state index is 14.4. The first-order valence-corrected chi connectivity index (χ1v) is 27.2. The minimum absolute atomic E-state index is 0.0227. The van der Waals surface area contributed by atoms with E-state index < -0.39 is 47.7 Å². The minimum Gasteiger partial charge on any atom is -0.508 e. The van der Waals surface area contributed by atoms with Crippen molar-refractivity contribution >= 4 is 53.5 Å². The van der Waals surface area contributed by atoms with Crippen LogP contribution in [-0.4, -0.2) is 237 Å². The molecule has 4 rings (SSSR count). The highest BCUT2D eigenvalue weighted by molar-refractivity contribution is 5.93. The summed E-state index contributed by atoms with van der Waals surface area (Å²) in [7, 11) is 0. The SMILES string of the molecule is CCC(=O)NCCNC(=O)/N=C(/N)NCCC[C@@H](NC(=O)C(c1ccccc1)c1cccc(OCCOCCOCCNC(=O)CN2CCN(CC(=O)O)CCN(CC(=O)O)CCN(CC(=O)O)CC2)c1)C(=O)NCc1ccc(O)cc1. The monoisotopic (exact) mass is 1150 g/mol. The van der Waals surface area contributed by atoms with Gasteiger partial charge in [-0.3, -0.25) is 53.2 Å². The second kappa shape index (κ2) is 37.9. The average Bonchev–Trinajstić information content (AvgIpc) is 3.64. The van der Waals surface area contributed by atoms with E-state index in [-0.39, 0.29) is 161 Å². The van der Waals surface area contributed by atoms with E-state index in [0.29, 0.717) is 42.8 Å². The van der Waals surface area contributed by atoms with Crippen LogP contribution in [0.1, 0.15) is 48.8 Å². The maximum atomic E-state index is 14.4. The normalized spacial score (nSPS) is 14.9. The number of urea groups is 1. The summed E-state index contributed by atoms with van der Waals surface area (Å²) in [6.45, 7) is 5.11. The number of carboxylic acids is 3. The van der Waals surface area contributed by atoms with Crippen LogP contribution in [0.15, 0.2) is 83.9 Å². The van der Waals surface area contributed by atoms with Gasteiger partial charge < -0.3 is 72.3 Å². The van der Waals surface area contributed by atoms with Gasteiger partial charge in [-0.05, 0) is 53.8 Å². The second-order valence-electron chi connectivity index (χ2n) is 19.1. The van der Waals surface area contributed by atoms with Gasteiger partial charge in [0.25, 0.3) is 0 Å². The summed E-state index contributed by atoms with van der Waals surface area (Å²) in [6.07, 6.45) is 0.812. The van der Waals surface area contributed by atoms with E-state index in [1.54, 1.807) is 58.0 Å². The molecule has 0 spiro atoms. The molecule has 27 heteroatoms. The predicted octanol–water partition coefficient (Wildman–Crippen LogP) is -0.751. The predicted molar refractivity (Wildman–Crippen MR) is 301 cm³/mol. The summed E-state index contributed by atoms with van der Waals surface area (Å²) in [5.41, 5.74) is 7.92. The van der Waals surface area contributed by atoms with Crippen LogP contribution in [0.5, 0.6) is 11.5 Å². The number of phenols is 1. The molecule has 0 radical (unpaired) electrons. The molecule has 0 bridgehead atoms. The topological polar surface area (TPSA) is 369 Å². The zero-order valence-electron chi connectivity index (χ0n) is 46.4. The molecule has 1 aliphatic heterocycles. The lowest BCUT2D eigenvalue weighted by Crippen LogP contribution is -2.50. The Morgan fingerprint density at radius 1 is 0.573 bits per heavy atom. The second-order valence-corrected chi connectivity index (χ2v) is 19.1. The third-order valence-corrected chi connectivity index (χ3v) is 12.7. The highest BCUT2D eigenvalue weighted by atomic mass is 16.5. The minimum atomic E-state index is -1.04. The Kier molecular flexibility index (Phi) is 30.8. The molecule has 0 aromatic heterocycles. The van der Waals surface area contributed by atoms with Crippen molar-refractivity contribution in [3.05, 3.63) is 95.6 Å². The van der Waals surface area contributed by atoms with Gasteiger partial charge in [0, 0.05) is 91.5 Å². The van der Waals surface area contributed by atoms with Crippen LogP contribution in [0.25, 0.3) is 0 Å². The van der Waals surface area contributed by atoms with Crippen molar-refractivity contribution in [3.8, 4) is 11.5 Å². The van der Waals surface area contributed by atoms with Crippen LogP contribution in [0.3, 0.4) is 0 Å². The summed E-state index contributed by atoms with van der Waals surface area (Å²) >= 11 is 0. The molecule has 1 heterocycles. The number of aliphatic carboxylic acids is 3. The number of carboxylic acid groups (broad SMARTS) is 3. The molecule has 6 amide bonds. The van der Waals surface area contributed by atoms with Gasteiger partial charge in [-0.2, -0.15) is 4.99 Å². The fourth-order valence-electron chi connectivity index (χ4n) is 8.43. The highest BCUT2D eigenvalue weighted by Gasteiger charge is 2.29. The fourth-order valence-corrected chi connectivity index (χ4v) is 8.43. The van der Waals surface area contributed by atoms with Gasteiger partial charge in [0.1, 0.15) is 24.1 Å². The molecule has 450 valence electrons. The number of nitrogens with zero attached hydrogens (tertiary/aromatic N) is 5. The molecule has 12 N–H and O–H groups in total. The number of nitrogens with two attached hydrogens (primary N) is 1. The van der Waals surface area contributed by atoms with E-state index in [9.17, 15) is 58.8 Å². The Morgan fingerprint density at radius 3 is 1.70 bits per heavy atom. The number of aliphatic imine (C=N–C) groups is 1. The van der Waals surface area contributed by atoms with E-state index in [0.717, 1.165) is 5.56 Å². The van der Waals surface area contributed by atoms with E-state index in [1.807, 2.05) is 35.2 Å². The average molecular weight is 1150 g/mol. The fraction of sp³-hybridized carbons (Fsp3) is 0.509. The van der Waals surface area contributed by atoms with Gasteiger partial charge in [-0.15, -0.1) is 0 Å². The molecule has 1 saturated heterocycles. The van der Waals surface area contributed by atoms with Crippen molar-refractivity contribution in [2.45, 2.75) is 44.7 Å². The summed E-state index contributed by atoms with van der Waals surface area (Å²) < 4.78 is 17.4. The number of ether oxygens (including phenoxy) is 3. The Bertz CT molecular complexity index is 2480. The summed E-state index contributed by atoms with van der Waals surface area (Å²) in [5, 5.41) is 54.8. The molecule has 2 atom stereocenters. The molecule has 82 heavy (non-hydrogen) atoms. The van der Waals surface area contributed by atoms with Crippen LogP contribution in [0, 0.1) is 0 Å². The zero-order valence-corrected chi connectivity index (χ0v) is 46.4. The summed E-state index contributed by atoms with van der Waals surface area (Å²) in [5.74, 6) is -4.94. The van der Waals surface area contributed by atoms with Crippen LogP contribution in [0.4, 0.5) is 4.79 Å². The van der Waals surface area contributed by atoms with Crippen molar-refractivity contribution in [1.29, 1.82) is 0 Å². The number of rotatable bonds is 33. The quantitative estimate of drug-likeness (QED) is 0.0203. The molecule has 3 aromatic carbocycles. The third kappa shape index (κ3) is 28.0. The number of phenolic OH excluding ortho intramolecular Hbond substituents is 1. The standard InChI is InChI=1S/C55H80N12O15/c1-2-46(69)57-18-19-60-55(79)63-54(56)59-17-7-12-45(52(77)61-35-40-13-15-43(68)16-14-40)62-53(78)51(41-8-4-3-5-9-41)42-10-6-11-44(34-42)82-33-32-81-31-30-80-29-20-58-47(70)36-64-21-23-65(37-48(71)72)25-27-67(39-50(75)76)28-26-66(24-22-64)38-49(73)74/h3-6,8-11,13-16,34,45,51,68H,2,7,12,17-33,35-39H2,1H3,(H,57,69)(H,58,70)(H,61,77)(H,62,78)(H,71,72)(H,73,74)(H,75,76)(H4,56,59,60,63,79)/t45-,51?/m1/s1. The molecular weight excluding hydrogens is 1070 g/mol. The highest BCUT2D eigenvalue weighted by Crippen LogP contribution is 2.28. The first kappa shape index (κ1) is 66.6. The van der Waals surface area contributed by atoms with Crippen LogP contribution >= 0.6 is 0 Å². The van der Waals surface area contributed by atoms with Crippen LogP contribution < -0.4 is 42.4 Å². The van der Waals surface area contributed by atoms with E-state index >= 15 is 0 Å². The van der Waals surface area contributed by atoms with Gasteiger partial charge in [0.15, 0.2) is 5.96 Å². The van der Waals surface area contributed by atoms with Gasteiger partial charge in [-0.25, -0.2) is 4.79 Å². The number of carbonyl (C=O) groups excluding carboxylic acids is 5. The number of benzene rings is 3. The van der Waals surface area contributed by atoms with E-state index in [1.165, 1.54) is 12.1 Å². The van der Waals surface area contributed by atoms with Crippen molar-refractivity contribution in [2.75, 3.05) is 138 Å². The Balaban J connectivity index is 1.25. The molecule has 27 nitrogen and oxygen atoms in total. The van der Waals surface area contributed by atoms with Crippen molar-refractivity contribution < 1.29 is 73.0 Å². The number of carbonyl (C=O) groups is 8. The van der Waals surface area contributed by atoms with Crippen molar-refractivity contribution in [2.24, 2.45) is 10.7 Å². The van der Waals surface area contributed by atoms with Crippen molar-refractivity contribution in [1.82, 2.24) is 51.5 Å². The number of hydrogen-bond acceptors (Lipinski definition) is 16. The van der Waals surface area contributed by atoms with Crippen molar-refractivity contribution in [3.63, 3.8) is 0 Å². The molecule has 1 fully saturated rings. The number of nitrogens with one attached hydrogen (secondary N) is 6. The molecule has 1 aliphatic rings. The lowest BCUT2D eigenvalue weighted by atomic mass is 9.90. The molecule has 3 aromatic rings. The number of amides is 6. The lowest BCUT2D eigenvalue weighted by Gasteiger charge is -2.32. The van der Waals surface area contributed by atoms with Crippen LogP contribution in [0.2, 0.25) is 0 Å². The molecule has 0 aliphatic carbocycles. The van der Waals surface area contributed by atoms with Gasteiger partial charge in [0.2, 0.25) is 23.6 Å². The first-order chi connectivity index (χ1) is 39.5. The van der Waals surface area contributed by atoms with Gasteiger partial charge in [0.05, 0.1) is 58.5 Å². The van der Waals surface area contributed by atoms with Gasteiger partial charge >= 0.3 is 23.9 Å². The Labute approximate surface area is 476 Å². The van der Waals surface area contributed by atoms with E-state index in [4.69, 9.17) is 19.9 Å². The smallest absolute Gasteiger partial charge is 0.344 e. The molecule has 1 unspecified atom stereocenters. The number of guanidine groups is 1. The number of hydrogen-bond donors (Lipinski definition) is 11. The summed E-state index contributed by atoms with van der Waals surface area (Å²) in [4.78, 5) is 110. The first-order valence-electron chi connectivity index (χ1n) is 27.2. The van der Waals surface area contributed by atoms with E-state index in [2.05, 4.69) is 36.9 Å². The Morgan fingerprint density at radius 2 is 1.11 bits per heavy atom. The van der Waals surface area contributed by atoms with Gasteiger partial charge in [-0.1, -0.05) is 61.5 Å². The largest absolute Gasteiger partial charge is 0.508 e. The zero-order chi connectivity index (χ0) is 59.5. The number of aromatic hydroxyl groups is 1. The third-order valence-electron chi connectivity index (χ3n) is 12.7. The Hall–Kier alpha value is -7.95. The maximum Gasteiger partial charge on any atom is 0.344 e. The van der Waals surface area contributed by atoms with Crippen LogP contribution in [-0.2, 0) is 49.6 Å². The lowest BCUT2D eigenvalue weighted by molar-refractivity contribution is -0.140. The molecular formula is C55H80N12O15. The molecule has 0 saturated carbocycles.